The maximum atomic E-state index is 3.95. The summed E-state index contributed by atoms with van der Waals surface area (Å²) in [5.74, 6) is 0.755. The molecule has 0 fully saturated rings. The fourth-order valence-electron chi connectivity index (χ4n) is 0.0345. The fraction of sp³-hybridized carbons (Fsp3) is 0.333. The van der Waals surface area contributed by atoms with E-state index in [0.717, 1.165) is 10.2 Å². The lowest BCUT2D eigenvalue weighted by molar-refractivity contribution is 1.79. The van der Waals surface area contributed by atoms with Crippen LogP contribution in [0, 0.1) is 0 Å². The molecule has 0 aromatic heterocycles. The van der Waals surface area contributed by atoms with E-state index in [1.54, 1.807) is 4.99 Å². The van der Waals surface area contributed by atoms with Crippen molar-refractivity contribution in [3.8, 4) is 0 Å². The van der Waals surface area contributed by atoms with Crippen LogP contribution in [0.5, 0.6) is 0 Å². The van der Waals surface area contributed by atoms with Crippen molar-refractivity contribution in [3.63, 3.8) is 0 Å². The van der Waals surface area contributed by atoms with Gasteiger partial charge in [0.25, 0.3) is 0 Å². The first-order valence-electron chi connectivity index (χ1n) is 1.37. The molecule has 36 valence electrons. The molecular formula is C3H4Br2S. The van der Waals surface area contributed by atoms with Gasteiger partial charge in [-0.25, -0.2) is 0 Å². The molecular weight excluding hydrogens is 228 g/mol. The van der Waals surface area contributed by atoms with Gasteiger partial charge >= 0.3 is 0 Å². The van der Waals surface area contributed by atoms with E-state index < -0.39 is 0 Å². The Balaban J connectivity index is 3.22. The normalized spacial score (nSPS) is 12.2. The van der Waals surface area contributed by atoms with E-state index in [4.69, 9.17) is 0 Å². The van der Waals surface area contributed by atoms with E-state index in [1.165, 1.54) is 0 Å². The van der Waals surface area contributed by atoms with Crippen molar-refractivity contribution >= 4 is 44.5 Å². The molecule has 6 heavy (non-hydrogen) atoms. The Kier molecular flexibility index (Phi) is 4.95. The molecule has 0 aromatic rings. The lowest BCUT2D eigenvalue weighted by Gasteiger charge is -1.80. The predicted octanol–water partition coefficient (Wildman–Crippen LogP) is 2.55. The van der Waals surface area contributed by atoms with Crippen LogP contribution in [0.2, 0.25) is 0 Å². The molecule has 0 heterocycles. The summed E-state index contributed by atoms with van der Waals surface area (Å²) in [5, 5.41) is 0. The van der Waals surface area contributed by atoms with E-state index in [9.17, 15) is 0 Å². The largest absolute Gasteiger partial charge is 0.174 e. The second-order valence-corrected chi connectivity index (χ2v) is 2.51. The van der Waals surface area contributed by atoms with Crippen LogP contribution in [-0.4, -0.2) is 5.75 Å². The third-order valence-electron chi connectivity index (χ3n) is 0.269. The monoisotopic (exact) mass is 230 g/mol. The van der Waals surface area contributed by atoms with Crippen molar-refractivity contribution < 1.29 is 0 Å². The highest BCUT2D eigenvalue weighted by atomic mass is 79.9. The van der Waals surface area contributed by atoms with Crippen molar-refractivity contribution in [3.05, 3.63) is 9.47 Å². The molecule has 0 aromatic carbocycles. The average molecular weight is 232 g/mol. The van der Waals surface area contributed by atoms with Crippen molar-refractivity contribution in [1.29, 1.82) is 0 Å². The molecule has 0 spiro atoms. The number of hydrogen-bond donors (Lipinski definition) is 1. The summed E-state index contributed by atoms with van der Waals surface area (Å²) in [6.45, 7) is 0. The van der Waals surface area contributed by atoms with Gasteiger partial charge in [-0.1, -0.05) is 31.9 Å². The van der Waals surface area contributed by atoms with Crippen molar-refractivity contribution in [2.24, 2.45) is 0 Å². The first-order valence-corrected chi connectivity index (χ1v) is 3.71. The first-order chi connectivity index (χ1) is 2.81. The fourth-order valence-corrected chi connectivity index (χ4v) is 0.538. The molecule has 0 amide bonds. The second kappa shape index (κ2) is 4.22. The Morgan fingerprint density at radius 2 is 2.33 bits per heavy atom. The van der Waals surface area contributed by atoms with Gasteiger partial charge in [0.2, 0.25) is 0 Å². The maximum absolute atomic E-state index is 3.95. The van der Waals surface area contributed by atoms with Crippen molar-refractivity contribution in [2.75, 3.05) is 5.75 Å². The van der Waals surface area contributed by atoms with E-state index in [0.29, 0.717) is 0 Å². The number of rotatable bonds is 1. The van der Waals surface area contributed by atoms with Crippen LogP contribution in [0.15, 0.2) is 9.47 Å². The molecule has 0 aliphatic heterocycles. The Bertz CT molecular complexity index is 59.8. The third kappa shape index (κ3) is 3.25. The van der Waals surface area contributed by atoms with E-state index in [1.807, 2.05) is 0 Å². The smallest absolute Gasteiger partial charge is 0.0225 e. The van der Waals surface area contributed by atoms with Gasteiger partial charge in [-0.15, -0.1) is 0 Å². The summed E-state index contributed by atoms with van der Waals surface area (Å²) in [7, 11) is 0. The van der Waals surface area contributed by atoms with Gasteiger partial charge in [-0.3, -0.25) is 0 Å². The zero-order valence-electron chi connectivity index (χ0n) is 2.99. The standard InChI is InChI=1S/C3H4Br2S/c4-1-3(5)2-6/h1,6H,2H2. The summed E-state index contributed by atoms with van der Waals surface area (Å²) < 4.78 is 1.06. The number of halogens is 2. The quantitative estimate of drug-likeness (QED) is 0.659. The molecule has 0 rings (SSSR count). The third-order valence-corrected chi connectivity index (χ3v) is 2.72. The highest BCUT2D eigenvalue weighted by molar-refractivity contribution is 9.14. The second-order valence-electron chi connectivity index (χ2n) is 0.714. The van der Waals surface area contributed by atoms with Crippen LogP contribution >= 0.6 is 44.5 Å². The van der Waals surface area contributed by atoms with E-state index >= 15 is 0 Å². The van der Waals surface area contributed by atoms with Crippen molar-refractivity contribution in [1.82, 2.24) is 0 Å². The summed E-state index contributed by atoms with van der Waals surface area (Å²) in [6.07, 6.45) is 0. The molecule has 0 aliphatic rings. The van der Waals surface area contributed by atoms with Gasteiger partial charge in [0.1, 0.15) is 0 Å². The molecule has 0 saturated carbocycles. The SMILES string of the molecule is SCC(Br)=CBr. The molecule has 0 radical (unpaired) electrons. The molecule has 0 aliphatic carbocycles. The molecule has 3 heteroatoms. The van der Waals surface area contributed by atoms with Gasteiger partial charge in [0.15, 0.2) is 0 Å². The van der Waals surface area contributed by atoms with Crippen LogP contribution in [0.3, 0.4) is 0 Å². The summed E-state index contributed by atoms with van der Waals surface area (Å²) >= 11 is 10.3. The summed E-state index contributed by atoms with van der Waals surface area (Å²) in [5.41, 5.74) is 0. The van der Waals surface area contributed by atoms with Crippen LogP contribution in [0.1, 0.15) is 0 Å². The van der Waals surface area contributed by atoms with Crippen LogP contribution in [-0.2, 0) is 0 Å². The van der Waals surface area contributed by atoms with Gasteiger partial charge in [-0.2, -0.15) is 12.6 Å². The van der Waals surface area contributed by atoms with Gasteiger partial charge in [0.05, 0.1) is 0 Å². The summed E-state index contributed by atoms with van der Waals surface area (Å²) in [4.78, 5) is 1.79. The van der Waals surface area contributed by atoms with E-state index in [2.05, 4.69) is 44.5 Å². The average Bonchev–Trinajstić information content (AvgIpc) is 1.65. The van der Waals surface area contributed by atoms with Crippen LogP contribution < -0.4 is 0 Å². The molecule has 0 unspecified atom stereocenters. The number of thiol groups is 1. The number of hydrogen-bond acceptors (Lipinski definition) is 1. The van der Waals surface area contributed by atoms with Gasteiger partial charge < -0.3 is 0 Å². The Morgan fingerprint density at radius 3 is 2.33 bits per heavy atom. The highest BCUT2D eigenvalue weighted by Crippen LogP contribution is 2.07. The molecule has 0 saturated heterocycles. The first kappa shape index (κ1) is 7.05. The minimum atomic E-state index is 0.755. The Morgan fingerprint density at radius 1 is 1.83 bits per heavy atom. The van der Waals surface area contributed by atoms with Gasteiger partial charge in [0, 0.05) is 10.2 Å². The van der Waals surface area contributed by atoms with E-state index in [-0.39, 0.29) is 0 Å². The topological polar surface area (TPSA) is 0 Å². The Labute approximate surface area is 59.7 Å². The van der Waals surface area contributed by atoms with Gasteiger partial charge in [-0.05, 0) is 4.99 Å². The zero-order chi connectivity index (χ0) is 4.99. The molecule has 0 nitrogen and oxygen atoms in total. The molecule has 0 N–H and O–H groups in total. The lowest BCUT2D eigenvalue weighted by Crippen LogP contribution is -1.63. The lowest BCUT2D eigenvalue weighted by atomic mass is 10.8. The highest BCUT2D eigenvalue weighted by Gasteiger charge is 1.78. The summed E-state index contributed by atoms with van der Waals surface area (Å²) in [6, 6.07) is 0. The molecule has 0 atom stereocenters. The minimum absolute atomic E-state index is 0.755. The predicted molar refractivity (Wildman–Crippen MR) is 39.8 cm³/mol. The van der Waals surface area contributed by atoms with Crippen molar-refractivity contribution in [2.45, 2.75) is 0 Å². The Hall–Kier alpha value is 1.05. The van der Waals surface area contributed by atoms with Crippen LogP contribution in [0.25, 0.3) is 0 Å². The zero-order valence-corrected chi connectivity index (χ0v) is 7.05. The van der Waals surface area contributed by atoms with Crippen LogP contribution in [0.4, 0.5) is 0 Å². The maximum Gasteiger partial charge on any atom is 0.0225 e. The molecule has 0 bridgehead atoms. The minimum Gasteiger partial charge on any atom is -0.174 e.